The van der Waals surface area contributed by atoms with E-state index in [-0.39, 0.29) is 11.1 Å². The van der Waals surface area contributed by atoms with Crippen LogP contribution in [0.5, 0.6) is 0 Å². The zero-order valence-electron chi connectivity index (χ0n) is 13.1. The fourth-order valence-corrected chi connectivity index (χ4v) is 4.37. The standard InChI is InChI=1S/C22H11NO2/c24-21-16-10-12-6-3-8-14-13-7-1-4-11-5-2-9-15(17(11)13)19(18(12)14)20(16)22(25)23-21/h1-10H,(H,23,24,25). The molecule has 1 aromatic heterocycles. The number of benzene rings is 5. The molecule has 116 valence electrons. The number of H-pyrrole nitrogens is 1. The quantitative estimate of drug-likeness (QED) is 0.333. The largest absolute Gasteiger partial charge is 0.288 e. The number of nitrogens with one attached hydrogen (secondary N) is 1. The summed E-state index contributed by atoms with van der Waals surface area (Å²) in [7, 11) is 0. The molecule has 0 amide bonds. The molecule has 0 aliphatic heterocycles. The SMILES string of the molecule is O=c1[nH]c(=O)c2c1cc1cccc3c4cccc5cccc(c54)c2c13. The maximum absolute atomic E-state index is 12.5. The van der Waals surface area contributed by atoms with Gasteiger partial charge in [0.05, 0.1) is 10.8 Å². The first-order valence-corrected chi connectivity index (χ1v) is 8.22. The summed E-state index contributed by atoms with van der Waals surface area (Å²) in [6.45, 7) is 0. The Bertz CT molecular complexity index is 1570. The zero-order chi connectivity index (χ0) is 16.7. The normalized spacial score (nSPS) is 12.3. The van der Waals surface area contributed by atoms with Gasteiger partial charge in [-0.3, -0.25) is 14.6 Å². The third-order valence-corrected chi connectivity index (χ3v) is 5.33. The Kier molecular flexibility index (Phi) is 2.13. The summed E-state index contributed by atoms with van der Waals surface area (Å²) in [5.41, 5.74) is -0.613. The van der Waals surface area contributed by atoms with E-state index in [9.17, 15) is 9.59 Å². The van der Waals surface area contributed by atoms with Crippen LogP contribution in [-0.2, 0) is 0 Å². The summed E-state index contributed by atoms with van der Waals surface area (Å²) in [5, 5.41) is 9.51. The molecule has 0 radical (unpaired) electrons. The van der Waals surface area contributed by atoms with Crippen molar-refractivity contribution in [2.24, 2.45) is 0 Å². The van der Waals surface area contributed by atoms with Gasteiger partial charge in [-0.2, -0.15) is 0 Å². The summed E-state index contributed by atoms with van der Waals surface area (Å²) in [6.07, 6.45) is 0. The number of hydrogen-bond donors (Lipinski definition) is 1. The van der Waals surface area contributed by atoms with Gasteiger partial charge >= 0.3 is 0 Å². The molecule has 0 saturated carbocycles. The number of fused-ring (bicyclic) bond motifs is 4. The number of rotatable bonds is 0. The maximum atomic E-state index is 12.5. The lowest BCUT2D eigenvalue weighted by atomic mass is 9.88. The molecule has 0 fully saturated rings. The van der Waals surface area contributed by atoms with E-state index in [1.165, 1.54) is 5.39 Å². The molecule has 0 saturated heterocycles. The van der Waals surface area contributed by atoms with Crippen molar-refractivity contribution in [3.63, 3.8) is 0 Å². The van der Waals surface area contributed by atoms with Crippen molar-refractivity contribution in [3.8, 4) is 0 Å². The summed E-state index contributed by atoms with van der Waals surface area (Å²) in [6, 6.07) is 20.4. The number of hydrogen-bond acceptors (Lipinski definition) is 2. The third-order valence-electron chi connectivity index (χ3n) is 5.33. The Morgan fingerprint density at radius 2 is 1.16 bits per heavy atom. The van der Waals surface area contributed by atoms with Crippen LogP contribution in [0.2, 0.25) is 0 Å². The average Bonchev–Trinajstić information content (AvgIpc) is 2.92. The van der Waals surface area contributed by atoms with Crippen LogP contribution in [0.4, 0.5) is 0 Å². The summed E-state index contributed by atoms with van der Waals surface area (Å²) in [5.74, 6) is 0. The van der Waals surface area contributed by atoms with Gasteiger partial charge in [0.2, 0.25) is 0 Å². The molecule has 3 heteroatoms. The molecule has 6 aromatic rings. The van der Waals surface area contributed by atoms with Crippen molar-refractivity contribution in [1.82, 2.24) is 4.98 Å². The van der Waals surface area contributed by atoms with Crippen LogP contribution in [0.1, 0.15) is 0 Å². The molecule has 0 bridgehead atoms. The highest BCUT2D eigenvalue weighted by atomic mass is 16.2. The first-order valence-electron chi connectivity index (χ1n) is 8.22. The van der Waals surface area contributed by atoms with Crippen molar-refractivity contribution >= 4 is 53.9 Å². The average molecular weight is 321 g/mol. The summed E-state index contributed by atoms with van der Waals surface area (Å²) >= 11 is 0. The van der Waals surface area contributed by atoms with Crippen molar-refractivity contribution < 1.29 is 0 Å². The predicted octanol–water partition coefficient (Wildman–Crippen LogP) is 4.38. The molecule has 5 aromatic carbocycles. The Labute approximate surface area is 140 Å². The van der Waals surface area contributed by atoms with Gasteiger partial charge in [0, 0.05) is 5.39 Å². The molecule has 1 heterocycles. The highest BCUT2D eigenvalue weighted by Gasteiger charge is 2.18. The smallest absolute Gasteiger partial charge is 0.259 e. The molecule has 1 N–H and O–H groups in total. The van der Waals surface area contributed by atoms with Crippen LogP contribution < -0.4 is 11.1 Å². The minimum Gasteiger partial charge on any atom is -0.288 e. The first kappa shape index (κ1) is 12.9. The summed E-state index contributed by atoms with van der Waals surface area (Å²) in [4.78, 5) is 27.2. The van der Waals surface area contributed by atoms with Crippen LogP contribution in [0, 0.1) is 0 Å². The van der Waals surface area contributed by atoms with Crippen LogP contribution in [0.15, 0.2) is 70.3 Å². The van der Waals surface area contributed by atoms with Gasteiger partial charge in [0.15, 0.2) is 0 Å². The molecule has 3 nitrogen and oxygen atoms in total. The Hall–Kier alpha value is -3.46. The third kappa shape index (κ3) is 1.42. The van der Waals surface area contributed by atoms with Gasteiger partial charge in [0.1, 0.15) is 0 Å². The molecule has 6 rings (SSSR count). The molecule has 0 aliphatic rings. The lowest BCUT2D eigenvalue weighted by Gasteiger charge is -2.14. The number of aromatic amines is 1. The lowest BCUT2D eigenvalue weighted by Crippen LogP contribution is -2.05. The second-order valence-corrected chi connectivity index (χ2v) is 6.57. The Balaban J connectivity index is 2.19. The molecule has 0 unspecified atom stereocenters. The highest BCUT2D eigenvalue weighted by molar-refractivity contribution is 6.37. The van der Waals surface area contributed by atoms with Gasteiger partial charge in [-0.1, -0.05) is 54.6 Å². The van der Waals surface area contributed by atoms with Gasteiger partial charge in [-0.05, 0) is 43.8 Å². The highest BCUT2D eigenvalue weighted by Crippen LogP contribution is 2.41. The number of aromatic nitrogens is 1. The minimum atomic E-state index is -0.311. The first-order chi connectivity index (χ1) is 12.2. The van der Waals surface area contributed by atoms with Crippen molar-refractivity contribution in [1.29, 1.82) is 0 Å². The molecule has 0 spiro atoms. The van der Waals surface area contributed by atoms with Gasteiger partial charge in [0.25, 0.3) is 11.1 Å². The monoisotopic (exact) mass is 321 g/mol. The van der Waals surface area contributed by atoms with E-state index < -0.39 is 0 Å². The van der Waals surface area contributed by atoms with E-state index in [2.05, 4.69) is 35.3 Å². The van der Waals surface area contributed by atoms with E-state index in [1.54, 1.807) is 0 Å². The van der Waals surface area contributed by atoms with Gasteiger partial charge in [-0.15, -0.1) is 0 Å². The Morgan fingerprint density at radius 1 is 0.520 bits per heavy atom. The molecular formula is C22H11NO2. The molecule has 0 aliphatic carbocycles. The second kappa shape index (κ2) is 4.14. The minimum absolute atomic E-state index is 0.303. The molecular weight excluding hydrogens is 310 g/mol. The van der Waals surface area contributed by atoms with Gasteiger partial charge in [-0.25, -0.2) is 0 Å². The van der Waals surface area contributed by atoms with Gasteiger partial charge < -0.3 is 0 Å². The van der Waals surface area contributed by atoms with Crippen LogP contribution in [-0.4, -0.2) is 4.98 Å². The van der Waals surface area contributed by atoms with Crippen LogP contribution in [0.25, 0.3) is 53.9 Å². The van der Waals surface area contributed by atoms with Crippen molar-refractivity contribution in [3.05, 3.63) is 81.4 Å². The summed E-state index contributed by atoms with van der Waals surface area (Å²) < 4.78 is 0. The Morgan fingerprint density at radius 3 is 1.92 bits per heavy atom. The second-order valence-electron chi connectivity index (χ2n) is 6.57. The van der Waals surface area contributed by atoms with Crippen molar-refractivity contribution in [2.75, 3.05) is 0 Å². The van der Waals surface area contributed by atoms with Crippen LogP contribution in [0.3, 0.4) is 0 Å². The lowest BCUT2D eigenvalue weighted by molar-refractivity contribution is 1.26. The maximum Gasteiger partial charge on any atom is 0.259 e. The van der Waals surface area contributed by atoms with E-state index in [4.69, 9.17) is 0 Å². The van der Waals surface area contributed by atoms with E-state index in [1.807, 2.05) is 30.3 Å². The molecule has 25 heavy (non-hydrogen) atoms. The van der Waals surface area contributed by atoms with Crippen molar-refractivity contribution in [2.45, 2.75) is 0 Å². The van der Waals surface area contributed by atoms with E-state index >= 15 is 0 Å². The predicted molar refractivity (Wildman–Crippen MR) is 103 cm³/mol. The van der Waals surface area contributed by atoms with E-state index in [0.717, 1.165) is 37.7 Å². The van der Waals surface area contributed by atoms with Crippen LogP contribution >= 0.6 is 0 Å². The zero-order valence-corrected chi connectivity index (χ0v) is 13.1. The fourth-order valence-electron chi connectivity index (χ4n) is 4.37. The topological polar surface area (TPSA) is 49.9 Å². The van der Waals surface area contributed by atoms with E-state index in [0.29, 0.717) is 10.8 Å². The molecule has 0 atom stereocenters. The fraction of sp³-hybridized carbons (Fsp3) is 0.